The summed E-state index contributed by atoms with van der Waals surface area (Å²) >= 11 is 3.53. The molecule has 7 heteroatoms. The second-order valence-electron chi connectivity index (χ2n) is 7.17. The number of thiophene rings is 2. The van der Waals surface area contributed by atoms with E-state index in [2.05, 4.69) is 118 Å². The summed E-state index contributed by atoms with van der Waals surface area (Å²) < 4.78 is 2.53. The Morgan fingerprint density at radius 2 is 1.10 bits per heavy atom. The minimum absolute atomic E-state index is 0. The number of hydrogen-bond donors (Lipinski definition) is 0. The van der Waals surface area contributed by atoms with Gasteiger partial charge in [-0.05, 0) is 34.8 Å². The minimum atomic E-state index is 0. The Morgan fingerprint density at radius 1 is 0.645 bits per heavy atom. The van der Waals surface area contributed by atoms with Gasteiger partial charge in [-0.15, -0.1) is 36.4 Å². The second-order valence-corrected chi connectivity index (χ2v) is 9.24. The molecule has 2 aliphatic rings. The van der Waals surface area contributed by atoms with Crippen molar-refractivity contribution in [3.63, 3.8) is 0 Å². The zero-order chi connectivity index (χ0) is 19.9. The summed E-state index contributed by atoms with van der Waals surface area (Å²) in [5.74, 6) is 0. The number of nitrogens with zero attached hydrogens (tertiary/aromatic N) is 4. The molecule has 0 N–H and O–H groups in total. The smallest absolute Gasteiger partial charge is 0.507 e. The molecule has 2 aliphatic heterocycles. The first-order chi connectivity index (χ1) is 14.8. The first-order valence-electron chi connectivity index (χ1n) is 9.78. The van der Waals surface area contributed by atoms with Gasteiger partial charge >= 0.3 is 21.1 Å². The Balaban J connectivity index is 0.00000204. The Hall–Kier alpha value is -2.27. The van der Waals surface area contributed by atoms with Crippen LogP contribution < -0.4 is 9.80 Å². The molecule has 0 aliphatic carbocycles. The Morgan fingerprint density at radius 3 is 1.55 bits per heavy atom. The van der Waals surface area contributed by atoms with E-state index in [-0.39, 0.29) is 21.1 Å². The van der Waals surface area contributed by atoms with Crippen LogP contribution in [0.1, 0.15) is 0 Å². The molecule has 0 bridgehead atoms. The molecule has 4 nitrogen and oxygen atoms in total. The maximum absolute atomic E-state index is 3.49. The van der Waals surface area contributed by atoms with E-state index in [1.165, 1.54) is 20.2 Å². The van der Waals surface area contributed by atoms with E-state index >= 15 is 0 Å². The third-order valence-corrected chi connectivity index (χ3v) is 7.30. The van der Waals surface area contributed by atoms with Gasteiger partial charge < -0.3 is 19.6 Å². The van der Waals surface area contributed by atoms with Crippen molar-refractivity contribution in [3.8, 4) is 0 Å². The van der Waals surface area contributed by atoms with Crippen LogP contribution in [0.25, 0.3) is 20.2 Å². The standard InChI is InChI=1S/C24H18N4S2.Pt/c1-3-7-21-19(5-1)15-23(29-21)27-13-11-25(17-27)9-10-26-12-14-28(18-26)24-16-20-6-2-4-8-22(20)30-24;/h1-8,11-14,17-18H,9-10H2;/q-4;+4. The van der Waals surface area contributed by atoms with Crippen molar-refractivity contribution >= 4 is 52.8 Å². The van der Waals surface area contributed by atoms with Gasteiger partial charge in [0.1, 0.15) is 0 Å². The van der Waals surface area contributed by atoms with Crippen molar-refractivity contribution in [2.24, 2.45) is 0 Å². The van der Waals surface area contributed by atoms with Gasteiger partial charge in [0.25, 0.3) is 0 Å². The summed E-state index contributed by atoms with van der Waals surface area (Å²) in [5.41, 5.74) is 0. The number of hydrogen-bond acceptors (Lipinski definition) is 6. The number of fused-ring (bicyclic) bond motifs is 2. The summed E-state index contributed by atoms with van der Waals surface area (Å²) in [6.07, 6.45) is 8.44. The van der Waals surface area contributed by atoms with Crippen LogP contribution in [0.5, 0.6) is 0 Å². The Kier molecular flexibility index (Phi) is 5.78. The van der Waals surface area contributed by atoms with Crippen LogP contribution >= 0.6 is 22.7 Å². The van der Waals surface area contributed by atoms with Gasteiger partial charge in [0.05, 0.1) is 0 Å². The predicted molar refractivity (Wildman–Crippen MR) is 127 cm³/mol. The fourth-order valence-electron chi connectivity index (χ4n) is 3.57. The molecule has 0 amide bonds. The van der Waals surface area contributed by atoms with E-state index in [1.54, 1.807) is 22.7 Å². The maximum Gasteiger partial charge on any atom is 4.00 e. The van der Waals surface area contributed by atoms with Crippen molar-refractivity contribution in [2.45, 2.75) is 0 Å². The fourth-order valence-corrected chi connectivity index (χ4v) is 5.48. The molecule has 4 heterocycles. The molecule has 31 heavy (non-hydrogen) atoms. The Labute approximate surface area is 204 Å². The van der Waals surface area contributed by atoms with Gasteiger partial charge in [-0.3, -0.25) is 0 Å². The van der Waals surface area contributed by atoms with Gasteiger partial charge in [-0.2, -0.15) is 36.2 Å². The molecule has 2 aromatic heterocycles. The second kappa shape index (κ2) is 8.70. The van der Waals surface area contributed by atoms with Gasteiger partial charge in [0.15, 0.2) is 0 Å². The van der Waals surface area contributed by atoms with E-state index in [1.807, 2.05) is 0 Å². The van der Waals surface area contributed by atoms with Crippen molar-refractivity contribution in [3.05, 3.63) is 98.8 Å². The zero-order valence-corrected chi connectivity index (χ0v) is 20.3. The Bertz CT molecular complexity index is 1100. The molecule has 0 saturated heterocycles. The molecule has 0 fully saturated rings. The summed E-state index contributed by atoms with van der Waals surface area (Å²) in [5, 5.41) is 4.59. The molecule has 0 radical (unpaired) electrons. The van der Waals surface area contributed by atoms with E-state index in [0.29, 0.717) is 0 Å². The van der Waals surface area contributed by atoms with Crippen LogP contribution in [0.15, 0.2) is 73.3 Å². The SMILES string of the molecule is [Pt+4].[c-]1c(N2C=CN(CCN3C=CN(c4[c-]c5ccccc5s4)[CH-]3)[CH-]2)sc2ccccc12. The largest absolute Gasteiger partial charge is 4.00 e. The fraction of sp³-hybridized carbons (Fsp3) is 0.0833. The monoisotopic (exact) mass is 621 g/mol. The minimum Gasteiger partial charge on any atom is -0.507 e. The molecule has 6 rings (SSSR count). The summed E-state index contributed by atoms with van der Waals surface area (Å²) in [7, 11) is 0. The maximum atomic E-state index is 3.49. The molecular formula is C24H18N4PtS2. The molecule has 156 valence electrons. The van der Waals surface area contributed by atoms with E-state index in [4.69, 9.17) is 0 Å². The first-order valence-corrected chi connectivity index (χ1v) is 11.4. The average molecular weight is 622 g/mol. The van der Waals surface area contributed by atoms with Crippen molar-refractivity contribution in [2.75, 3.05) is 22.9 Å². The van der Waals surface area contributed by atoms with E-state index < -0.39 is 0 Å². The van der Waals surface area contributed by atoms with Gasteiger partial charge in [0.2, 0.25) is 0 Å². The van der Waals surface area contributed by atoms with Crippen LogP contribution in [0, 0.1) is 25.5 Å². The first kappa shape index (κ1) is 20.6. The molecule has 0 spiro atoms. The predicted octanol–water partition coefficient (Wildman–Crippen LogP) is 5.84. The topological polar surface area (TPSA) is 13.0 Å². The van der Waals surface area contributed by atoms with Crippen molar-refractivity contribution in [1.82, 2.24) is 9.80 Å². The van der Waals surface area contributed by atoms with Crippen LogP contribution in [0.2, 0.25) is 0 Å². The molecule has 0 saturated carbocycles. The molecule has 0 unspecified atom stereocenters. The van der Waals surface area contributed by atoms with Crippen LogP contribution in [0.4, 0.5) is 10.0 Å². The number of rotatable bonds is 5. The van der Waals surface area contributed by atoms with Crippen LogP contribution in [-0.2, 0) is 21.1 Å². The molecule has 0 atom stereocenters. The van der Waals surface area contributed by atoms with Gasteiger partial charge in [0, 0.05) is 13.1 Å². The normalized spacial score (nSPS) is 15.6. The third kappa shape index (κ3) is 4.12. The number of benzene rings is 2. The third-order valence-electron chi connectivity index (χ3n) is 5.14. The molecule has 2 aromatic carbocycles. The van der Waals surface area contributed by atoms with Gasteiger partial charge in [-0.25, -0.2) is 22.7 Å². The average Bonchev–Trinajstić information content (AvgIpc) is 3.56. The summed E-state index contributed by atoms with van der Waals surface area (Å²) in [4.78, 5) is 8.72. The molecule has 4 aromatic rings. The van der Waals surface area contributed by atoms with Crippen LogP contribution in [-0.4, -0.2) is 22.9 Å². The quantitative estimate of drug-likeness (QED) is 0.260. The summed E-state index contributed by atoms with van der Waals surface area (Å²) in [6.45, 7) is 6.09. The molecular weight excluding hydrogens is 604 g/mol. The summed E-state index contributed by atoms with van der Waals surface area (Å²) in [6, 6.07) is 23.8. The number of anilines is 2. The van der Waals surface area contributed by atoms with Gasteiger partial charge in [-0.1, -0.05) is 21.5 Å². The van der Waals surface area contributed by atoms with Crippen molar-refractivity contribution in [1.29, 1.82) is 0 Å². The van der Waals surface area contributed by atoms with Crippen LogP contribution in [0.3, 0.4) is 0 Å². The zero-order valence-electron chi connectivity index (χ0n) is 16.4. The van der Waals surface area contributed by atoms with Crippen molar-refractivity contribution < 1.29 is 21.1 Å². The van der Waals surface area contributed by atoms with E-state index in [0.717, 1.165) is 23.1 Å². The van der Waals surface area contributed by atoms with E-state index in [9.17, 15) is 0 Å².